The molecular weight excluding hydrogens is 527 g/mol. The van der Waals surface area contributed by atoms with Crippen LogP contribution in [-0.2, 0) is 4.79 Å². The van der Waals surface area contributed by atoms with E-state index in [9.17, 15) is 19.5 Å². The van der Waals surface area contributed by atoms with Crippen LogP contribution in [0.3, 0.4) is 0 Å². The highest BCUT2D eigenvalue weighted by Gasteiger charge is 2.31. The number of aromatic nitrogens is 2. The van der Waals surface area contributed by atoms with Crippen LogP contribution in [0.5, 0.6) is 5.88 Å². The summed E-state index contributed by atoms with van der Waals surface area (Å²) in [5.41, 5.74) is -0.00156. The minimum atomic E-state index is -0.888. The monoisotopic (exact) mass is 546 g/mol. The summed E-state index contributed by atoms with van der Waals surface area (Å²) in [5.74, 6) is -1.17. The smallest absolute Gasteiger partial charge is 0.343 e. The number of anilines is 1. The summed E-state index contributed by atoms with van der Waals surface area (Å²) in [6, 6.07) is 19.9. The van der Waals surface area contributed by atoms with Crippen molar-refractivity contribution in [2.24, 2.45) is 5.10 Å². The molecule has 190 valence electrons. The molecule has 8 nitrogen and oxygen atoms in total. The second kappa shape index (κ2) is 9.81. The largest absolute Gasteiger partial charge is 0.494 e. The van der Waals surface area contributed by atoms with Gasteiger partial charge in [0.15, 0.2) is 0 Å². The normalized spacial score (nSPS) is 14.3. The van der Waals surface area contributed by atoms with Crippen LogP contribution in [0.25, 0.3) is 17.5 Å². The molecule has 38 heavy (non-hydrogen) atoms. The molecule has 0 atom stereocenters. The van der Waals surface area contributed by atoms with Crippen molar-refractivity contribution in [3.05, 3.63) is 120 Å². The zero-order valence-electron chi connectivity index (χ0n) is 20.2. The number of carbonyl (C=O) groups is 1. The van der Waals surface area contributed by atoms with Gasteiger partial charge in [0, 0.05) is 0 Å². The molecule has 4 aromatic rings. The second-order valence-electron chi connectivity index (χ2n) is 8.55. The first-order valence-electron chi connectivity index (χ1n) is 11.5. The van der Waals surface area contributed by atoms with Crippen molar-refractivity contribution < 1.29 is 9.90 Å². The highest BCUT2D eigenvalue weighted by molar-refractivity contribution is 6.33. The van der Waals surface area contributed by atoms with Crippen molar-refractivity contribution in [2.75, 3.05) is 5.01 Å². The van der Waals surface area contributed by atoms with Crippen LogP contribution in [0, 0.1) is 6.92 Å². The highest BCUT2D eigenvalue weighted by Crippen LogP contribution is 2.30. The molecule has 10 heteroatoms. The maximum Gasteiger partial charge on any atom is 0.343 e. The maximum atomic E-state index is 13.7. The molecule has 1 aliphatic heterocycles. The van der Waals surface area contributed by atoms with Crippen molar-refractivity contribution >= 4 is 46.6 Å². The van der Waals surface area contributed by atoms with Crippen LogP contribution in [0.1, 0.15) is 18.1 Å². The number of para-hydroxylation sites is 3. The van der Waals surface area contributed by atoms with Crippen LogP contribution in [0.4, 0.5) is 5.69 Å². The summed E-state index contributed by atoms with van der Waals surface area (Å²) >= 11 is 12.7. The molecule has 0 aliphatic carbocycles. The first kappa shape index (κ1) is 25.3. The Bertz CT molecular complexity index is 1800. The van der Waals surface area contributed by atoms with Crippen LogP contribution >= 0.6 is 23.2 Å². The summed E-state index contributed by atoms with van der Waals surface area (Å²) in [5, 5.41) is 17.2. The van der Waals surface area contributed by atoms with Crippen LogP contribution in [0.2, 0.25) is 10.0 Å². The summed E-state index contributed by atoms with van der Waals surface area (Å²) in [4.78, 5) is 40.8. The van der Waals surface area contributed by atoms with Gasteiger partial charge in [-0.15, -0.1) is 0 Å². The van der Waals surface area contributed by atoms with Gasteiger partial charge in [-0.25, -0.2) is 13.9 Å². The lowest BCUT2D eigenvalue weighted by molar-refractivity contribution is -0.114. The lowest BCUT2D eigenvalue weighted by Gasteiger charge is -2.17. The number of amides is 1. The van der Waals surface area contributed by atoms with Crippen LogP contribution in [-0.4, -0.2) is 25.9 Å². The third-order valence-corrected chi connectivity index (χ3v) is 6.79. The summed E-state index contributed by atoms with van der Waals surface area (Å²) in [7, 11) is 0. The highest BCUT2D eigenvalue weighted by atomic mass is 35.5. The first-order chi connectivity index (χ1) is 18.2. The molecule has 1 aliphatic rings. The number of carbonyl (C=O) groups excluding carboxylic acids is 1. The molecule has 0 fully saturated rings. The zero-order valence-corrected chi connectivity index (χ0v) is 21.7. The number of hydrogen-bond donors (Lipinski definition) is 1. The summed E-state index contributed by atoms with van der Waals surface area (Å²) in [6.07, 6.45) is 1.23. The SMILES string of the molecule is CC1=NN(c2ccccc2C)C(=O)/C1=C\c1c(O)n(-c2ccccc2Cl)c(=O)n(-c2ccccc2Cl)c1=O. The third kappa shape index (κ3) is 4.13. The van der Waals surface area contributed by atoms with E-state index in [1.54, 1.807) is 49.4 Å². The minimum absolute atomic E-state index is 0.0794. The minimum Gasteiger partial charge on any atom is -0.494 e. The van der Waals surface area contributed by atoms with Gasteiger partial charge in [0.2, 0.25) is 5.88 Å². The topological polar surface area (TPSA) is 96.9 Å². The lowest BCUT2D eigenvalue weighted by atomic mass is 10.1. The van der Waals surface area contributed by atoms with E-state index >= 15 is 0 Å². The molecule has 0 saturated carbocycles. The van der Waals surface area contributed by atoms with Gasteiger partial charge in [0.05, 0.1) is 38.4 Å². The Morgan fingerprint density at radius 3 is 1.87 bits per heavy atom. The van der Waals surface area contributed by atoms with E-state index in [1.165, 1.54) is 29.3 Å². The van der Waals surface area contributed by atoms with Crippen LogP contribution < -0.4 is 16.3 Å². The Kier molecular flexibility index (Phi) is 6.52. The molecule has 0 unspecified atom stereocenters. The first-order valence-corrected chi connectivity index (χ1v) is 12.2. The second-order valence-corrected chi connectivity index (χ2v) is 9.36. The van der Waals surface area contributed by atoms with Gasteiger partial charge in [0.25, 0.3) is 11.5 Å². The van der Waals surface area contributed by atoms with Gasteiger partial charge < -0.3 is 5.11 Å². The van der Waals surface area contributed by atoms with E-state index in [-0.39, 0.29) is 32.6 Å². The van der Waals surface area contributed by atoms with Crippen molar-refractivity contribution in [1.29, 1.82) is 0 Å². The Balaban J connectivity index is 1.79. The van der Waals surface area contributed by atoms with Crippen molar-refractivity contribution in [1.82, 2.24) is 9.13 Å². The molecule has 2 heterocycles. The number of nitrogens with zero attached hydrogens (tertiary/aromatic N) is 4. The van der Waals surface area contributed by atoms with E-state index in [1.807, 2.05) is 19.1 Å². The van der Waals surface area contributed by atoms with E-state index < -0.39 is 23.0 Å². The van der Waals surface area contributed by atoms with Gasteiger partial charge in [-0.2, -0.15) is 10.1 Å². The number of hydrazone groups is 1. The van der Waals surface area contributed by atoms with E-state index in [0.29, 0.717) is 11.4 Å². The standard InChI is InChI=1S/C28H20Cl2N4O4/c1-16-9-3-6-12-22(16)34-27(37)18(17(2)31-34)15-19-25(35)32(23-13-7-4-10-20(23)29)28(38)33(26(19)36)24-14-8-5-11-21(24)30/h3-15,35H,1-2H3/b18-15-. The summed E-state index contributed by atoms with van der Waals surface area (Å²) < 4.78 is 1.74. The average molecular weight is 547 g/mol. The van der Waals surface area contributed by atoms with Gasteiger partial charge in [-0.05, 0) is 55.8 Å². The zero-order chi connectivity index (χ0) is 27.1. The fourth-order valence-corrected chi connectivity index (χ4v) is 4.67. The van der Waals surface area contributed by atoms with Gasteiger partial charge in [-0.1, -0.05) is 65.7 Å². The number of benzene rings is 3. The van der Waals surface area contributed by atoms with Crippen molar-refractivity contribution in [3.63, 3.8) is 0 Å². The number of rotatable bonds is 4. The lowest BCUT2D eigenvalue weighted by Crippen LogP contribution is -2.39. The Morgan fingerprint density at radius 1 is 0.763 bits per heavy atom. The molecule has 1 amide bonds. The number of aromatic hydroxyl groups is 1. The van der Waals surface area contributed by atoms with E-state index in [2.05, 4.69) is 5.10 Å². The number of aryl methyl sites for hydroxylation is 1. The van der Waals surface area contributed by atoms with Crippen molar-refractivity contribution in [3.8, 4) is 17.3 Å². The fourth-order valence-electron chi connectivity index (χ4n) is 4.23. The molecule has 1 N–H and O–H groups in total. The maximum absolute atomic E-state index is 13.7. The predicted molar refractivity (Wildman–Crippen MR) is 149 cm³/mol. The number of hydrogen-bond acceptors (Lipinski definition) is 5. The van der Waals surface area contributed by atoms with E-state index in [0.717, 1.165) is 14.7 Å². The van der Waals surface area contributed by atoms with Gasteiger partial charge in [-0.3, -0.25) is 9.59 Å². The molecular formula is C28H20Cl2N4O4. The quantitative estimate of drug-likeness (QED) is 0.359. The van der Waals surface area contributed by atoms with Crippen LogP contribution in [0.15, 0.2) is 93.1 Å². The number of halogens is 2. The molecule has 0 bridgehead atoms. The molecule has 0 radical (unpaired) electrons. The molecule has 1 aromatic heterocycles. The Hall–Kier alpha value is -4.40. The van der Waals surface area contributed by atoms with Gasteiger partial charge in [0.1, 0.15) is 5.56 Å². The van der Waals surface area contributed by atoms with Crippen molar-refractivity contribution in [2.45, 2.75) is 13.8 Å². The average Bonchev–Trinajstić information content (AvgIpc) is 3.17. The molecule has 0 spiro atoms. The predicted octanol–water partition coefficient (Wildman–Crippen LogP) is 5.12. The van der Waals surface area contributed by atoms with Gasteiger partial charge >= 0.3 is 5.69 Å². The molecule has 3 aromatic carbocycles. The Labute approximate surface area is 226 Å². The molecule has 0 saturated heterocycles. The third-order valence-electron chi connectivity index (χ3n) is 6.15. The fraction of sp³-hybridized carbons (Fsp3) is 0.0714. The summed E-state index contributed by atoms with van der Waals surface area (Å²) in [6.45, 7) is 3.47. The Morgan fingerprint density at radius 2 is 1.29 bits per heavy atom. The van der Waals surface area contributed by atoms with E-state index in [4.69, 9.17) is 23.2 Å². The molecule has 5 rings (SSSR count).